The highest BCUT2D eigenvalue weighted by Crippen LogP contribution is 2.29. The molecule has 1 aromatic carbocycles. The number of benzene rings is 1. The molecule has 182 valence electrons. The first-order valence-electron chi connectivity index (χ1n) is 11.0. The summed E-state index contributed by atoms with van der Waals surface area (Å²) in [5.74, 6) is -1.64. The minimum absolute atomic E-state index is 0.0948. The van der Waals surface area contributed by atoms with Crippen molar-refractivity contribution in [2.24, 2.45) is 5.92 Å². The molecule has 3 rings (SSSR count). The van der Waals surface area contributed by atoms with Crippen LogP contribution in [0.15, 0.2) is 36.4 Å². The van der Waals surface area contributed by atoms with E-state index in [0.717, 1.165) is 16.5 Å². The van der Waals surface area contributed by atoms with E-state index in [0.29, 0.717) is 31.0 Å². The zero-order valence-corrected chi connectivity index (χ0v) is 19.3. The lowest BCUT2D eigenvalue weighted by atomic mass is 9.96. The summed E-state index contributed by atoms with van der Waals surface area (Å²) in [6.07, 6.45) is 0.648. The van der Waals surface area contributed by atoms with Crippen molar-refractivity contribution >= 4 is 34.4 Å². The fraction of sp³-hybridized carbons (Fsp3) is 0.417. The predicted octanol–water partition coefficient (Wildman–Crippen LogP) is 0.528. The molecule has 0 radical (unpaired) electrons. The lowest BCUT2D eigenvalue weighted by Crippen LogP contribution is -2.47. The van der Waals surface area contributed by atoms with Crippen LogP contribution in [0.1, 0.15) is 30.3 Å². The van der Waals surface area contributed by atoms with Crippen molar-refractivity contribution in [2.75, 3.05) is 26.8 Å². The van der Waals surface area contributed by atoms with Gasteiger partial charge in [0.05, 0.1) is 25.2 Å². The van der Waals surface area contributed by atoms with Crippen LogP contribution in [0, 0.1) is 5.92 Å². The van der Waals surface area contributed by atoms with Gasteiger partial charge in [-0.15, -0.1) is 0 Å². The number of nitrogens with one attached hydrogen (secondary N) is 3. The monoisotopic (exact) mass is 470 g/mol. The number of amides is 3. The van der Waals surface area contributed by atoms with Crippen LogP contribution in [0.2, 0.25) is 0 Å². The quantitative estimate of drug-likeness (QED) is 0.353. The summed E-state index contributed by atoms with van der Waals surface area (Å²) in [5.41, 5.74) is 1.97. The van der Waals surface area contributed by atoms with Gasteiger partial charge in [-0.1, -0.05) is 18.2 Å². The van der Waals surface area contributed by atoms with Crippen LogP contribution in [0.25, 0.3) is 10.9 Å². The standard InChI is InChI=1S/C24H30N4O6/c1-14(2)12-28-18-5-4-6-21(34-3)16(18)10-19(28)24(33)26-11-22(31)27-17(20(30)13-29)9-15-7-8-25-23(15)32/h4-6,10,15,17,29H,1,7-9,11-13H2,2-3H3,(H,25,32)(H,26,33)(H,27,31). The number of carbonyl (C=O) groups is 4. The Hall–Kier alpha value is -3.66. The maximum Gasteiger partial charge on any atom is 0.268 e. The number of Topliss-reactive ketones (excluding diaryl/α,β-unsaturated/α-hetero) is 1. The van der Waals surface area contributed by atoms with Gasteiger partial charge in [0.25, 0.3) is 5.91 Å². The van der Waals surface area contributed by atoms with E-state index in [2.05, 4.69) is 22.5 Å². The van der Waals surface area contributed by atoms with Gasteiger partial charge in [-0.2, -0.15) is 0 Å². The minimum atomic E-state index is -1.01. The van der Waals surface area contributed by atoms with Crippen LogP contribution in [0.5, 0.6) is 5.75 Å². The van der Waals surface area contributed by atoms with Gasteiger partial charge < -0.3 is 30.4 Å². The Morgan fingerprint density at radius 1 is 1.35 bits per heavy atom. The molecule has 1 saturated heterocycles. The number of fused-ring (bicyclic) bond motifs is 1. The fourth-order valence-electron chi connectivity index (χ4n) is 4.10. The number of carbonyl (C=O) groups excluding carboxylic acids is 4. The molecule has 2 heterocycles. The summed E-state index contributed by atoms with van der Waals surface area (Å²) >= 11 is 0. The third-order valence-electron chi connectivity index (χ3n) is 5.76. The van der Waals surface area contributed by atoms with E-state index in [-0.39, 0.29) is 18.9 Å². The first kappa shape index (κ1) is 25.0. The molecule has 0 spiro atoms. The number of hydrogen-bond donors (Lipinski definition) is 4. The molecule has 34 heavy (non-hydrogen) atoms. The van der Waals surface area contributed by atoms with Crippen molar-refractivity contribution < 1.29 is 29.0 Å². The molecular weight excluding hydrogens is 440 g/mol. The number of aliphatic hydroxyl groups is 1. The number of ether oxygens (including phenoxy) is 1. The van der Waals surface area contributed by atoms with Gasteiger partial charge in [0.1, 0.15) is 18.1 Å². The van der Waals surface area contributed by atoms with Crippen molar-refractivity contribution in [3.8, 4) is 5.75 Å². The van der Waals surface area contributed by atoms with E-state index in [9.17, 15) is 24.3 Å². The molecule has 10 heteroatoms. The van der Waals surface area contributed by atoms with Crippen molar-refractivity contribution in [1.82, 2.24) is 20.5 Å². The summed E-state index contributed by atoms with van der Waals surface area (Å²) in [6.45, 7) is 5.56. The maximum atomic E-state index is 13.0. The average molecular weight is 471 g/mol. The second-order valence-electron chi connectivity index (χ2n) is 8.41. The topological polar surface area (TPSA) is 139 Å². The Morgan fingerprint density at radius 3 is 2.74 bits per heavy atom. The smallest absolute Gasteiger partial charge is 0.268 e. The molecule has 1 aromatic heterocycles. The van der Waals surface area contributed by atoms with E-state index in [4.69, 9.17) is 4.74 Å². The van der Waals surface area contributed by atoms with Gasteiger partial charge >= 0.3 is 0 Å². The van der Waals surface area contributed by atoms with Crippen LogP contribution in [0.4, 0.5) is 0 Å². The van der Waals surface area contributed by atoms with Gasteiger partial charge in [0.15, 0.2) is 5.78 Å². The highest BCUT2D eigenvalue weighted by molar-refractivity contribution is 6.02. The number of ketones is 1. The number of methoxy groups -OCH3 is 1. The van der Waals surface area contributed by atoms with Gasteiger partial charge in [-0.05, 0) is 38.0 Å². The zero-order chi connectivity index (χ0) is 24.8. The summed E-state index contributed by atoms with van der Waals surface area (Å²) in [7, 11) is 1.55. The third-order valence-corrected chi connectivity index (χ3v) is 5.76. The van der Waals surface area contributed by atoms with E-state index in [1.54, 1.807) is 23.8 Å². The molecule has 1 fully saturated rings. The Labute approximate surface area is 197 Å². The largest absolute Gasteiger partial charge is 0.496 e. The lowest BCUT2D eigenvalue weighted by molar-refractivity contribution is -0.130. The summed E-state index contributed by atoms with van der Waals surface area (Å²) in [6, 6.07) is 6.18. The SMILES string of the molecule is C=C(C)Cn1c(C(=O)NCC(=O)NC(CC2CCNC2=O)C(=O)CO)cc2c(OC)cccc21. The molecule has 2 aromatic rings. The number of aromatic nitrogens is 1. The molecule has 0 saturated carbocycles. The fourth-order valence-corrected chi connectivity index (χ4v) is 4.10. The Kier molecular flexibility index (Phi) is 8.06. The normalized spacial score (nSPS) is 16.1. The molecule has 1 aliphatic rings. The van der Waals surface area contributed by atoms with E-state index >= 15 is 0 Å². The first-order chi connectivity index (χ1) is 16.2. The zero-order valence-electron chi connectivity index (χ0n) is 19.3. The van der Waals surface area contributed by atoms with Gasteiger partial charge in [0.2, 0.25) is 11.8 Å². The Bertz CT molecular complexity index is 1120. The molecule has 2 atom stereocenters. The number of allylic oxidation sites excluding steroid dienone is 1. The highest BCUT2D eigenvalue weighted by atomic mass is 16.5. The summed E-state index contributed by atoms with van der Waals surface area (Å²) in [5, 5.41) is 17.8. The Morgan fingerprint density at radius 2 is 2.12 bits per heavy atom. The molecule has 10 nitrogen and oxygen atoms in total. The van der Waals surface area contributed by atoms with Crippen molar-refractivity contribution in [1.29, 1.82) is 0 Å². The number of rotatable bonds is 11. The van der Waals surface area contributed by atoms with E-state index < -0.39 is 36.2 Å². The lowest BCUT2D eigenvalue weighted by Gasteiger charge is -2.19. The summed E-state index contributed by atoms with van der Waals surface area (Å²) < 4.78 is 7.20. The molecule has 0 bridgehead atoms. The van der Waals surface area contributed by atoms with E-state index in [1.165, 1.54) is 0 Å². The predicted molar refractivity (Wildman–Crippen MR) is 125 cm³/mol. The number of hydrogen-bond acceptors (Lipinski definition) is 6. The highest BCUT2D eigenvalue weighted by Gasteiger charge is 2.31. The molecule has 1 aliphatic heterocycles. The first-order valence-corrected chi connectivity index (χ1v) is 11.0. The molecular formula is C24H30N4O6. The van der Waals surface area contributed by atoms with Gasteiger partial charge in [0, 0.05) is 24.4 Å². The Balaban J connectivity index is 1.71. The summed E-state index contributed by atoms with van der Waals surface area (Å²) in [4.78, 5) is 49.4. The number of nitrogens with zero attached hydrogens (tertiary/aromatic N) is 1. The third kappa shape index (κ3) is 5.63. The van der Waals surface area contributed by atoms with E-state index in [1.807, 2.05) is 19.1 Å². The van der Waals surface area contributed by atoms with Crippen LogP contribution in [-0.4, -0.2) is 66.0 Å². The van der Waals surface area contributed by atoms with Crippen LogP contribution < -0.4 is 20.7 Å². The maximum absolute atomic E-state index is 13.0. The van der Waals surface area contributed by atoms with Gasteiger partial charge in [-0.3, -0.25) is 19.2 Å². The van der Waals surface area contributed by atoms with Crippen LogP contribution in [-0.2, 0) is 20.9 Å². The van der Waals surface area contributed by atoms with Crippen molar-refractivity contribution in [3.05, 3.63) is 42.1 Å². The molecule has 3 amide bonds. The van der Waals surface area contributed by atoms with Crippen molar-refractivity contribution in [2.45, 2.75) is 32.4 Å². The van der Waals surface area contributed by atoms with Crippen molar-refractivity contribution in [3.63, 3.8) is 0 Å². The average Bonchev–Trinajstić information content (AvgIpc) is 3.39. The second-order valence-corrected chi connectivity index (χ2v) is 8.41. The molecule has 4 N–H and O–H groups in total. The van der Waals surface area contributed by atoms with Crippen LogP contribution in [0.3, 0.4) is 0 Å². The molecule has 2 unspecified atom stereocenters. The molecule has 0 aliphatic carbocycles. The minimum Gasteiger partial charge on any atom is -0.496 e. The van der Waals surface area contributed by atoms with Gasteiger partial charge in [-0.25, -0.2) is 0 Å². The second kappa shape index (κ2) is 11.0. The number of aliphatic hydroxyl groups excluding tert-OH is 1. The van der Waals surface area contributed by atoms with Crippen LogP contribution >= 0.6 is 0 Å².